The maximum absolute atomic E-state index is 5.12. The Hall–Kier alpha value is -4.17. The van der Waals surface area contributed by atoms with Crippen LogP contribution in [-0.4, -0.2) is 9.38 Å². The molecule has 0 unspecified atom stereocenters. The summed E-state index contributed by atoms with van der Waals surface area (Å²) in [7, 11) is 0. The largest absolute Gasteiger partial charge is 0.292 e. The summed E-state index contributed by atoms with van der Waals surface area (Å²) >= 11 is 0. The molecule has 2 heterocycles. The molecule has 0 saturated carbocycles. The molecule has 2 heteroatoms. The number of hydrogen-bond donors (Lipinski definition) is 0. The lowest BCUT2D eigenvalue weighted by molar-refractivity contribution is 1.31. The number of benzene rings is 5. The summed E-state index contributed by atoms with van der Waals surface area (Å²) < 4.78 is 2.31. The highest BCUT2D eigenvalue weighted by molar-refractivity contribution is 6.14. The maximum atomic E-state index is 5.12. The lowest BCUT2D eigenvalue weighted by Crippen LogP contribution is -1.91. The summed E-state index contributed by atoms with van der Waals surface area (Å²) in [6.07, 6.45) is 0. The summed E-state index contributed by atoms with van der Waals surface area (Å²) in [5, 5.41) is 6.21. The predicted molar refractivity (Wildman–Crippen MR) is 131 cm³/mol. The molecule has 0 radical (unpaired) electrons. The fourth-order valence-electron chi connectivity index (χ4n) is 4.96. The molecular formula is C29H18N2. The lowest BCUT2D eigenvalue weighted by Gasteiger charge is -2.09. The normalized spacial score (nSPS) is 11.9. The van der Waals surface area contributed by atoms with E-state index in [1.807, 2.05) is 0 Å². The second-order valence-electron chi connectivity index (χ2n) is 8.06. The Labute approximate surface area is 179 Å². The molecule has 0 spiro atoms. The molecule has 7 rings (SSSR count). The number of nitrogens with zero attached hydrogens (tertiary/aromatic N) is 2. The molecule has 2 aromatic heterocycles. The van der Waals surface area contributed by atoms with Crippen molar-refractivity contribution >= 4 is 49.1 Å². The van der Waals surface area contributed by atoms with Crippen LogP contribution in [0.1, 0.15) is 0 Å². The molecule has 31 heavy (non-hydrogen) atoms. The third-order valence-corrected chi connectivity index (χ3v) is 6.36. The zero-order valence-electron chi connectivity index (χ0n) is 16.8. The van der Waals surface area contributed by atoms with Crippen LogP contribution >= 0.6 is 0 Å². The average Bonchev–Trinajstić information content (AvgIpc) is 3.23. The van der Waals surface area contributed by atoms with E-state index in [1.165, 1.54) is 43.6 Å². The summed E-state index contributed by atoms with van der Waals surface area (Å²) in [5.74, 6) is 0. The van der Waals surface area contributed by atoms with Gasteiger partial charge in [0.2, 0.25) is 0 Å². The molecule has 0 bridgehead atoms. The fourth-order valence-corrected chi connectivity index (χ4v) is 4.96. The van der Waals surface area contributed by atoms with E-state index in [4.69, 9.17) is 4.98 Å². The Morgan fingerprint density at radius 1 is 0.516 bits per heavy atom. The van der Waals surface area contributed by atoms with Gasteiger partial charge in [0, 0.05) is 10.8 Å². The van der Waals surface area contributed by atoms with Crippen LogP contribution in [0.15, 0.2) is 109 Å². The molecule has 0 aliphatic heterocycles. The van der Waals surface area contributed by atoms with Gasteiger partial charge in [0.25, 0.3) is 0 Å². The molecule has 0 saturated heterocycles. The first-order chi connectivity index (χ1) is 15.4. The van der Waals surface area contributed by atoms with Gasteiger partial charge in [-0.05, 0) is 45.5 Å². The highest BCUT2D eigenvalue weighted by Gasteiger charge is 2.14. The van der Waals surface area contributed by atoms with Crippen molar-refractivity contribution in [1.82, 2.24) is 9.38 Å². The van der Waals surface area contributed by atoms with Crippen LogP contribution in [-0.2, 0) is 0 Å². The van der Waals surface area contributed by atoms with Gasteiger partial charge in [0.15, 0.2) is 0 Å². The number of hydrogen-bond acceptors (Lipinski definition) is 1. The molecule has 0 aliphatic carbocycles. The molecule has 0 fully saturated rings. The summed E-state index contributed by atoms with van der Waals surface area (Å²) in [5.41, 5.74) is 6.80. The van der Waals surface area contributed by atoms with Gasteiger partial charge in [-0.25, -0.2) is 4.98 Å². The lowest BCUT2D eigenvalue weighted by atomic mass is 9.98. The number of para-hydroxylation sites is 1. The summed E-state index contributed by atoms with van der Waals surface area (Å²) in [6, 6.07) is 38.9. The highest BCUT2D eigenvalue weighted by atomic mass is 15.0. The van der Waals surface area contributed by atoms with Gasteiger partial charge in [-0.3, -0.25) is 4.40 Å². The van der Waals surface area contributed by atoms with E-state index in [0.717, 1.165) is 16.7 Å². The monoisotopic (exact) mass is 394 g/mol. The minimum atomic E-state index is 1.01. The van der Waals surface area contributed by atoms with Crippen LogP contribution in [0.3, 0.4) is 0 Å². The SMILES string of the molecule is c1ccc2c(-c3ccc4c(c3)nc3c5ccccc5c5ccccc5n43)cccc2c1. The second-order valence-corrected chi connectivity index (χ2v) is 8.06. The molecule has 2 nitrogen and oxygen atoms in total. The second kappa shape index (κ2) is 6.16. The van der Waals surface area contributed by atoms with Crippen LogP contribution in [0.4, 0.5) is 0 Å². The molecule has 0 amide bonds. The summed E-state index contributed by atoms with van der Waals surface area (Å²) in [6.45, 7) is 0. The number of rotatable bonds is 1. The Balaban J connectivity index is 1.61. The van der Waals surface area contributed by atoms with Crippen LogP contribution in [0.2, 0.25) is 0 Å². The first-order valence-electron chi connectivity index (χ1n) is 10.6. The van der Waals surface area contributed by atoms with Gasteiger partial charge in [0.05, 0.1) is 16.6 Å². The van der Waals surface area contributed by atoms with Crippen molar-refractivity contribution < 1.29 is 0 Å². The van der Waals surface area contributed by atoms with Gasteiger partial charge in [0.1, 0.15) is 5.65 Å². The van der Waals surface area contributed by atoms with E-state index in [2.05, 4.69) is 114 Å². The zero-order chi connectivity index (χ0) is 20.4. The fraction of sp³-hybridized carbons (Fsp3) is 0. The van der Waals surface area contributed by atoms with Crippen LogP contribution in [0.25, 0.3) is 60.3 Å². The minimum Gasteiger partial charge on any atom is -0.292 e. The molecule has 7 aromatic rings. The topological polar surface area (TPSA) is 17.3 Å². The minimum absolute atomic E-state index is 1.01. The van der Waals surface area contributed by atoms with Gasteiger partial charge in [-0.2, -0.15) is 0 Å². The number of imidazole rings is 1. The van der Waals surface area contributed by atoms with Crippen LogP contribution < -0.4 is 0 Å². The van der Waals surface area contributed by atoms with E-state index in [9.17, 15) is 0 Å². The molecule has 0 aliphatic rings. The summed E-state index contributed by atoms with van der Waals surface area (Å²) in [4.78, 5) is 5.12. The van der Waals surface area contributed by atoms with E-state index in [-0.39, 0.29) is 0 Å². The van der Waals surface area contributed by atoms with Crippen molar-refractivity contribution in [2.24, 2.45) is 0 Å². The van der Waals surface area contributed by atoms with Crippen molar-refractivity contribution in [3.8, 4) is 11.1 Å². The third-order valence-electron chi connectivity index (χ3n) is 6.36. The predicted octanol–water partition coefficient (Wildman–Crippen LogP) is 7.61. The molecule has 0 atom stereocenters. The zero-order valence-corrected chi connectivity index (χ0v) is 16.8. The first kappa shape index (κ1) is 16.6. The standard InChI is InChI=1S/C29H18N2/c1-2-10-21-19(8-1)9-7-14-22(21)20-16-17-28-26(18-20)30-29-25-13-4-3-11-23(25)24-12-5-6-15-27(24)31(28)29/h1-18H. The Bertz CT molecular complexity index is 1780. The van der Waals surface area contributed by atoms with Crippen LogP contribution in [0, 0.1) is 0 Å². The van der Waals surface area contributed by atoms with Crippen molar-refractivity contribution in [2.75, 3.05) is 0 Å². The number of pyridine rings is 1. The smallest absolute Gasteiger partial charge is 0.146 e. The van der Waals surface area contributed by atoms with Gasteiger partial charge in [-0.1, -0.05) is 91.0 Å². The molecule has 5 aromatic carbocycles. The maximum Gasteiger partial charge on any atom is 0.146 e. The van der Waals surface area contributed by atoms with Gasteiger partial charge in [-0.15, -0.1) is 0 Å². The highest BCUT2D eigenvalue weighted by Crippen LogP contribution is 2.35. The number of aromatic nitrogens is 2. The molecule has 144 valence electrons. The van der Waals surface area contributed by atoms with Crippen molar-refractivity contribution in [3.05, 3.63) is 109 Å². The van der Waals surface area contributed by atoms with E-state index < -0.39 is 0 Å². The quantitative estimate of drug-likeness (QED) is 0.262. The van der Waals surface area contributed by atoms with Crippen molar-refractivity contribution in [3.63, 3.8) is 0 Å². The van der Waals surface area contributed by atoms with Gasteiger partial charge < -0.3 is 0 Å². The third kappa shape index (κ3) is 2.30. The number of fused-ring (bicyclic) bond motifs is 9. The average molecular weight is 394 g/mol. The van der Waals surface area contributed by atoms with Crippen molar-refractivity contribution in [1.29, 1.82) is 0 Å². The first-order valence-corrected chi connectivity index (χ1v) is 10.6. The molecule has 0 N–H and O–H groups in total. The molecular weight excluding hydrogens is 376 g/mol. The van der Waals surface area contributed by atoms with E-state index in [1.54, 1.807) is 0 Å². The van der Waals surface area contributed by atoms with E-state index >= 15 is 0 Å². The van der Waals surface area contributed by atoms with Crippen molar-refractivity contribution in [2.45, 2.75) is 0 Å². The van der Waals surface area contributed by atoms with Crippen LogP contribution in [0.5, 0.6) is 0 Å². The Morgan fingerprint density at radius 3 is 2.13 bits per heavy atom. The van der Waals surface area contributed by atoms with E-state index in [0.29, 0.717) is 0 Å². The van der Waals surface area contributed by atoms with Gasteiger partial charge >= 0.3 is 0 Å². The Morgan fingerprint density at radius 2 is 1.23 bits per heavy atom. The Kier molecular flexibility index (Phi) is 3.30.